The molecule has 0 spiro atoms. The number of anilines is 1. The molecule has 0 aliphatic carbocycles. The Bertz CT molecular complexity index is 944. The minimum Gasteiger partial charge on any atom is -0.384 e. The predicted molar refractivity (Wildman–Crippen MR) is 102 cm³/mol. The smallest absolute Gasteiger partial charge is 0.246 e. The number of pyridine rings is 1. The highest BCUT2D eigenvalue weighted by atomic mass is 35.5. The molecule has 25 heavy (non-hydrogen) atoms. The van der Waals surface area contributed by atoms with Gasteiger partial charge in [0.2, 0.25) is 5.91 Å². The van der Waals surface area contributed by atoms with Crippen molar-refractivity contribution in [3.8, 4) is 0 Å². The first-order chi connectivity index (χ1) is 12.0. The second-order valence-corrected chi connectivity index (χ2v) is 6.25. The summed E-state index contributed by atoms with van der Waals surface area (Å²) in [5.41, 5.74) is 8.36. The zero-order valence-corrected chi connectivity index (χ0v) is 14.9. The van der Waals surface area contributed by atoms with Crippen molar-refractivity contribution in [1.82, 2.24) is 14.5 Å². The molecule has 1 aromatic carbocycles. The van der Waals surface area contributed by atoms with Gasteiger partial charge in [0.1, 0.15) is 11.0 Å². The third kappa shape index (κ3) is 3.51. The maximum absolute atomic E-state index is 12.4. The monoisotopic (exact) mass is 354 g/mol. The standard InChI is InChI=1S/C19H19ClN4O/c1-23(18(25)10-8-13-7-9-17(21)22-11-13)12-15-14-5-3-4-6-16(14)24(2)19(15)20/h3-11H,12H2,1-2H3,(H2,21,22)/b10-8+. The predicted octanol–water partition coefficient (Wildman–Crippen LogP) is 3.48. The van der Waals surface area contributed by atoms with Gasteiger partial charge in [-0.2, -0.15) is 0 Å². The number of carbonyl (C=O) groups excluding carboxylic acids is 1. The largest absolute Gasteiger partial charge is 0.384 e. The normalized spacial score (nSPS) is 11.3. The Labute approximate surface area is 151 Å². The van der Waals surface area contributed by atoms with Crippen LogP contribution in [0.1, 0.15) is 11.1 Å². The van der Waals surface area contributed by atoms with Gasteiger partial charge in [-0.25, -0.2) is 4.98 Å². The van der Waals surface area contributed by atoms with E-state index in [1.165, 1.54) is 6.08 Å². The van der Waals surface area contributed by atoms with Gasteiger partial charge in [-0.3, -0.25) is 4.79 Å². The van der Waals surface area contributed by atoms with Crippen LogP contribution in [-0.2, 0) is 18.4 Å². The summed E-state index contributed by atoms with van der Waals surface area (Å²) in [7, 11) is 3.68. The number of likely N-dealkylation sites (N-methyl/N-ethyl adjacent to an activating group) is 1. The van der Waals surface area contributed by atoms with Gasteiger partial charge in [0, 0.05) is 49.4 Å². The molecule has 1 amide bonds. The van der Waals surface area contributed by atoms with Gasteiger partial charge in [0.25, 0.3) is 0 Å². The lowest BCUT2D eigenvalue weighted by molar-refractivity contribution is -0.125. The molecule has 0 aliphatic rings. The molecular formula is C19H19ClN4O. The summed E-state index contributed by atoms with van der Waals surface area (Å²) in [6.07, 6.45) is 4.86. The molecule has 2 heterocycles. The molecule has 3 rings (SSSR count). The van der Waals surface area contributed by atoms with E-state index in [1.54, 1.807) is 30.3 Å². The lowest BCUT2D eigenvalue weighted by Crippen LogP contribution is -2.24. The van der Waals surface area contributed by atoms with Crippen molar-refractivity contribution in [3.63, 3.8) is 0 Å². The number of rotatable bonds is 4. The van der Waals surface area contributed by atoms with Crippen LogP contribution in [0.5, 0.6) is 0 Å². The molecule has 2 aromatic heterocycles. The second-order valence-electron chi connectivity index (χ2n) is 5.89. The highest BCUT2D eigenvalue weighted by Crippen LogP contribution is 2.29. The number of para-hydroxylation sites is 1. The number of nitrogen functional groups attached to an aromatic ring is 1. The number of aromatic nitrogens is 2. The molecule has 0 saturated heterocycles. The molecule has 0 bridgehead atoms. The van der Waals surface area contributed by atoms with Crippen LogP contribution in [0.15, 0.2) is 48.7 Å². The zero-order valence-electron chi connectivity index (χ0n) is 14.1. The molecule has 5 nitrogen and oxygen atoms in total. The van der Waals surface area contributed by atoms with E-state index in [2.05, 4.69) is 4.98 Å². The van der Waals surface area contributed by atoms with E-state index in [9.17, 15) is 4.79 Å². The molecule has 6 heteroatoms. The van der Waals surface area contributed by atoms with E-state index in [0.29, 0.717) is 17.5 Å². The molecule has 2 N–H and O–H groups in total. The second kappa shape index (κ2) is 6.99. The number of hydrogen-bond donors (Lipinski definition) is 1. The average molecular weight is 355 g/mol. The summed E-state index contributed by atoms with van der Waals surface area (Å²) in [5, 5.41) is 1.70. The first kappa shape index (κ1) is 17.0. The SMILES string of the molecule is CN(Cc1c(Cl)n(C)c2ccccc12)C(=O)/C=C/c1ccc(N)nc1. The summed E-state index contributed by atoms with van der Waals surface area (Å²) in [6.45, 7) is 0.434. The molecule has 0 fully saturated rings. The van der Waals surface area contributed by atoms with Gasteiger partial charge < -0.3 is 15.2 Å². The molecule has 3 aromatic rings. The summed E-state index contributed by atoms with van der Waals surface area (Å²) in [4.78, 5) is 18.0. The number of nitrogens with zero attached hydrogens (tertiary/aromatic N) is 3. The molecular weight excluding hydrogens is 336 g/mol. The summed E-state index contributed by atoms with van der Waals surface area (Å²) < 4.78 is 1.93. The summed E-state index contributed by atoms with van der Waals surface area (Å²) >= 11 is 6.46. The van der Waals surface area contributed by atoms with Crippen LogP contribution >= 0.6 is 11.6 Å². The molecule has 0 atom stereocenters. The Morgan fingerprint density at radius 1 is 1.32 bits per heavy atom. The van der Waals surface area contributed by atoms with E-state index >= 15 is 0 Å². The number of nitrogens with two attached hydrogens (primary N) is 1. The minimum atomic E-state index is -0.110. The number of carbonyl (C=O) groups is 1. The van der Waals surface area contributed by atoms with E-state index in [-0.39, 0.29) is 5.91 Å². The van der Waals surface area contributed by atoms with Crippen LogP contribution in [0.4, 0.5) is 5.82 Å². The van der Waals surface area contributed by atoms with Crippen molar-refractivity contribution in [3.05, 3.63) is 65.0 Å². The van der Waals surface area contributed by atoms with Crippen LogP contribution in [0.3, 0.4) is 0 Å². The van der Waals surface area contributed by atoms with Crippen molar-refractivity contribution >= 4 is 40.3 Å². The van der Waals surface area contributed by atoms with Crippen LogP contribution in [0.2, 0.25) is 5.15 Å². The minimum absolute atomic E-state index is 0.110. The Morgan fingerprint density at radius 3 is 2.80 bits per heavy atom. The first-order valence-electron chi connectivity index (χ1n) is 7.84. The average Bonchev–Trinajstić information content (AvgIpc) is 2.86. The molecule has 0 radical (unpaired) electrons. The van der Waals surface area contributed by atoms with Gasteiger partial charge in [-0.15, -0.1) is 0 Å². The number of benzene rings is 1. The van der Waals surface area contributed by atoms with E-state index in [0.717, 1.165) is 22.0 Å². The van der Waals surface area contributed by atoms with Crippen LogP contribution in [0, 0.1) is 0 Å². The van der Waals surface area contributed by atoms with Crippen molar-refractivity contribution in [2.45, 2.75) is 6.54 Å². The molecule has 0 saturated carbocycles. The summed E-state index contributed by atoms with van der Waals surface area (Å²) in [6, 6.07) is 11.5. The Kier molecular flexibility index (Phi) is 4.76. The topological polar surface area (TPSA) is 64.2 Å². The molecule has 0 unspecified atom stereocenters. The highest BCUT2D eigenvalue weighted by Gasteiger charge is 2.16. The third-order valence-corrected chi connectivity index (χ3v) is 4.61. The van der Waals surface area contributed by atoms with Gasteiger partial charge in [-0.1, -0.05) is 29.8 Å². The van der Waals surface area contributed by atoms with Crippen LogP contribution in [0.25, 0.3) is 17.0 Å². The van der Waals surface area contributed by atoms with Crippen molar-refractivity contribution in [1.29, 1.82) is 0 Å². The van der Waals surface area contributed by atoms with Crippen molar-refractivity contribution < 1.29 is 4.79 Å². The fraction of sp³-hybridized carbons (Fsp3) is 0.158. The number of fused-ring (bicyclic) bond motifs is 1. The molecule has 128 valence electrons. The maximum atomic E-state index is 12.4. The zero-order chi connectivity index (χ0) is 18.0. The van der Waals surface area contributed by atoms with E-state index in [4.69, 9.17) is 17.3 Å². The summed E-state index contributed by atoms with van der Waals surface area (Å²) in [5.74, 6) is 0.340. The lowest BCUT2D eigenvalue weighted by atomic mass is 10.1. The first-order valence-corrected chi connectivity index (χ1v) is 8.21. The van der Waals surface area contributed by atoms with Gasteiger partial charge in [0.05, 0.1) is 0 Å². The third-order valence-electron chi connectivity index (χ3n) is 4.13. The number of amides is 1. The van der Waals surface area contributed by atoms with E-state index < -0.39 is 0 Å². The van der Waals surface area contributed by atoms with Gasteiger partial charge in [-0.05, 0) is 29.8 Å². The quantitative estimate of drug-likeness (QED) is 0.729. The van der Waals surface area contributed by atoms with Gasteiger partial charge >= 0.3 is 0 Å². The highest BCUT2D eigenvalue weighted by molar-refractivity contribution is 6.32. The fourth-order valence-corrected chi connectivity index (χ4v) is 2.97. The number of aryl methyl sites for hydroxylation is 1. The Hall–Kier alpha value is -2.79. The van der Waals surface area contributed by atoms with Crippen molar-refractivity contribution in [2.75, 3.05) is 12.8 Å². The Balaban J connectivity index is 1.78. The number of hydrogen-bond acceptors (Lipinski definition) is 3. The number of halogens is 1. The fourth-order valence-electron chi connectivity index (χ4n) is 2.72. The van der Waals surface area contributed by atoms with Crippen molar-refractivity contribution in [2.24, 2.45) is 7.05 Å². The molecule has 0 aliphatic heterocycles. The van der Waals surface area contributed by atoms with Crippen LogP contribution in [-0.4, -0.2) is 27.4 Å². The van der Waals surface area contributed by atoms with Gasteiger partial charge in [0.15, 0.2) is 0 Å². The Morgan fingerprint density at radius 2 is 2.08 bits per heavy atom. The van der Waals surface area contributed by atoms with E-state index in [1.807, 2.05) is 41.9 Å². The lowest BCUT2D eigenvalue weighted by Gasteiger charge is -2.15. The maximum Gasteiger partial charge on any atom is 0.246 e. The van der Waals surface area contributed by atoms with Crippen LogP contribution < -0.4 is 5.73 Å².